The number of carbonyl (C=O) groups is 1. The second-order valence-electron chi connectivity index (χ2n) is 3.96. The number of rotatable bonds is 4. The summed E-state index contributed by atoms with van der Waals surface area (Å²) in [5, 5.41) is 4.04. The van der Waals surface area contributed by atoms with Gasteiger partial charge in [0.05, 0.1) is 12.2 Å². The normalized spacial score (nSPS) is 10.3. The lowest BCUT2D eigenvalue weighted by molar-refractivity contribution is 0.0507. The van der Waals surface area contributed by atoms with Crippen LogP contribution in [0.5, 0.6) is 0 Å². The molecule has 0 saturated heterocycles. The van der Waals surface area contributed by atoms with Crippen LogP contribution < -0.4 is 5.73 Å². The Morgan fingerprint density at radius 1 is 1.44 bits per heavy atom. The van der Waals surface area contributed by atoms with E-state index in [9.17, 15) is 4.79 Å². The Morgan fingerprint density at radius 3 is 2.94 bits per heavy atom. The average molecular weight is 245 g/mol. The van der Waals surface area contributed by atoms with Gasteiger partial charge in [-0.05, 0) is 24.3 Å². The molecule has 94 valence electrons. The van der Waals surface area contributed by atoms with Crippen molar-refractivity contribution in [3.05, 3.63) is 47.8 Å². The number of hydrogen-bond acceptors (Lipinski definition) is 4. The Hall–Kier alpha value is -2.30. The molecule has 0 aliphatic rings. The monoisotopic (exact) mass is 245 g/mol. The van der Waals surface area contributed by atoms with E-state index in [4.69, 9.17) is 10.5 Å². The Balaban J connectivity index is 1.87. The highest BCUT2D eigenvalue weighted by molar-refractivity contribution is 5.90. The predicted octanol–water partition coefficient (Wildman–Crippen LogP) is 1.40. The summed E-state index contributed by atoms with van der Waals surface area (Å²) < 4.78 is 6.93. The molecule has 0 aliphatic carbocycles. The van der Waals surface area contributed by atoms with E-state index in [1.165, 1.54) is 0 Å². The molecule has 2 N–H and O–H groups in total. The van der Waals surface area contributed by atoms with Gasteiger partial charge in [0.15, 0.2) is 0 Å². The number of nitrogen functional groups attached to an aromatic ring is 1. The predicted molar refractivity (Wildman–Crippen MR) is 68.0 cm³/mol. The van der Waals surface area contributed by atoms with Crippen LogP contribution in [0.1, 0.15) is 16.1 Å². The Bertz CT molecular complexity index is 549. The van der Waals surface area contributed by atoms with Crippen LogP contribution in [0, 0.1) is 0 Å². The molecule has 1 heterocycles. The molecule has 1 aromatic carbocycles. The van der Waals surface area contributed by atoms with E-state index >= 15 is 0 Å². The SMILES string of the molecule is Cn1nccc1CCOC(=O)c1cccc(N)c1. The highest BCUT2D eigenvalue weighted by Crippen LogP contribution is 2.08. The molecule has 0 aliphatic heterocycles. The van der Waals surface area contributed by atoms with Crippen LogP contribution in [0.25, 0.3) is 0 Å². The third kappa shape index (κ3) is 2.88. The maximum atomic E-state index is 11.7. The lowest BCUT2D eigenvalue weighted by atomic mass is 10.2. The zero-order chi connectivity index (χ0) is 13.0. The lowest BCUT2D eigenvalue weighted by Crippen LogP contribution is -2.10. The van der Waals surface area contributed by atoms with Crippen molar-refractivity contribution < 1.29 is 9.53 Å². The second kappa shape index (κ2) is 5.35. The lowest BCUT2D eigenvalue weighted by Gasteiger charge is -2.05. The van der Waals surface area contributed by atoms with Crippen molar-refractivity contribution in [2.75, 3.05) is 12.3 Å². The van der Waals surface area contributed by atoms with Gasteiger partial charge in [-0.2, -0.15) is 5.10 Å². The van der Waals surface area contributed by atoms with E-state index in [0.29, 0.717) is 24.3 Å². The Labute approximate surface area is 105 Å². The number of benzene rings is 1. The highest BCUT2D eigenvalue weighted by Gasteiger charge is 2.07. The van der Waals surface area contributed by atoms with Gasteiger partial charge >= 0.3 is 5.97 Å². The van der Waals surface area contributed by atoms with Crippen molar-refractivity contribution in [1.29, 1.82) is 0 Å². The van der Waals surface area contributed by atoms with Crippen LogP contribution in [0.15, 0.2) is 36.5 Å². The molecule has 5 heteroatoms. The molecule has 0 saturated carbocycles. The molecule has 0 radical (unpaired) electrons. The van der Waals surface area contributed by atoms with Crippen molar-refractivity contribution in [1.82, 2.24) is 9.78 Å². The average Bonchev–Trinajstić information content (AvgIpc) is 2.75. The summed E-state index contributed by atoms with van der Waals surface area (Å²) in [6.45, 7) is 0.327. The van der Waals surface area contributed by atoms with Gasteiger partial charge in [-0.25, -0.2) is 4.79 Å². The van der Waals surface area contributed by atoms with Gasteiger partial charge in [-0.3, -0.25) is 4.68 Å². The Morgan fingerprint density at radius 2 is 2.28 bits per heavy atom. The van der Waals surface area contributed by atoms with Crippen LogP contribution in [0.4, 0.5) is 5.69 Å². The molecule has 0 spiro atoms. The third-order valence-electron chi connectivity index (χ3n) is 2.64. The van der Waals surface area contributed by atoms with Gasteiger partial charge in [0.1, 0.15) is 0 Å². The largest absolute Gasteiger partial charge is 0.462 e. The molecule has 5 nitrogen and oxygen atoms in total. The summed E-state index contributed by atoms with van der Waals surface area (Å²) in [6.07, 6.45) is 2.36. The van der Waals surface area contributed by atoms with Crippen molar-refractivity contribution in [2.24, 2.45) is 7.05 Å². The fraction of sp³-hybridized carbons (Fsp3) is 0.231. The van der Waals surface area contributed by atoms with Gasteiger partial charge in [-0.1, -0.05) is 6.07 Å². The fourth-order valence-corrected chi connectivity index (χ4v) is 1.64. The van der Waals surface area contributed by atoms with Gasteiger partial charge in [0.25, 0.3) is 0 Å². The highest BCUT2D eigenvalue weighted by atomic mass is 16.5. The molecule has 0 atom stereocenters. The Kier molecular flexibility index (Phi) is 3.62. The molecule has 0 amide bonds. The summed E-state index contributed by atoms with van der Waals surface area (Å²) in [7, 11) is 1.86. The zero-order valence-electron chi connectivity index (χ0n) is 10.2. The van der Waals surface area contributed by atoms with E-state index in [2.05, 4.69) is 5.10 Å². The standard InChI is InChI=1S/C13H15N3O2/c1-16-12(5-7-15-16)6-8-18-13(17)10-3-2-4-11(14)9-10/h2-5,7,9H,6,8,14H2,1H3. The van der Waals surface area contributed by atoms with Crippen molar-refractivity contribution in [3.8, 4) is 0 Å². The fourth-order valence-electron chi connectivity index (χ4n) is 1.64. The van der Waals surface area contributed by atoms with Crippen molar-refractivity contribution in [3.63, 3.8) is 0 Å². The minimum absolute atomic E-state index is 0.327. The maximum Gasteiger partial charge on any atom is 0.338 e. The number of aryl methyl sites for hydroxylation is 1. The van der Waals surface area contributed by atoms with E-state index in [-0.39, 0.29) is 5.97 Å². The number of nitrogens with two attached hydrogens (primary N) is 1. The molecule has 1 aromatic heterocycles. The number of hydrogen-bond donors (Lipinski definition) is 1. The first-order valence-corrected chi connectivity index (χ1v) is 5.66. The molecule has 0 fully saturated rings. The molecule has 0 unspecified atom stereocenters. The zero-order valence-corrected chi connectivity index (χ0v) is 10.2. The molecule has 2 rings (SSSR count). The first-order valence-electron chi connectivity index (χ1n) is 5.66. The van der Waals surface area contributed by atoms with E-state index < -0.39 is 0 Å². The van der Waals surface area contributed by atoms with Crippen LogP contribution in [0.3, 0.4) is 0 Å². The molecular formula is C13H15N3O2. The van der Waals surface area contributed by atoms with Crippen LogP contribution in [-0.2, 0) is 18.2 Å². The molecule has 18 heavy (non-hydrogen) atoms. The summed E-state index contributed by atoms with van der Waals surface area (Å²) in [4.78, 5) is 11.7. The minimum atomic E-state index is -0.357. The van der Waals surface area contributed by atoms with Gasteiger partial charge < -0.3 is 10.5 Å². The molecule has 0 bridgehead atoms. The summed E-state index contributed by atoms with van der Waals surface area (Å²) in [6, 6.07) is 8.64. The van der Waals surface area contributed by atoms with E-state index in [1.54, 1.807) is 35.1 Å². The van der Waals surface area contributed by atoms with Crippen molar-refractivity contribution in [2.45, 2.75) is 6.42 Å². The quantitative estimate of drug-likeness (QED) is 0.653. The number of anilines is 1. The summed E-state index contributed by atoms with van der Waals surface area (Å²) >= 11 is 0. The van der Waals surface area contributed by atoms with Gasteiger partial charge in [0.2, 0.25) is 0 Å². The van der Waals surface area contributed by atoms with Gasteiger partial charge in [0, 0.05) is 31.0 Å². The number of esters is 1. The summed E-state index contributed by atoms with van der Waals surface area (Å²) in [5.41, 5.74) is 7.65. The summed E-state index contributed by atoms with van der Waals surface area (Å²) in [5.74, 6) is -0.357. The second-order valence-corrected chi connectivity index (χ2v) is 3.96. The van der Waals surface area contributed by atoms with E-state index in [1.807, 2.05) is 13.1 Å². The number of carbonyl (C=O) groups excluding carboxylic acids is 1. The van der Waals surface area contributed by atoms with E-state index in [0.717, 1.165) is 5.69 Å². The minimum Gasteiger partial charge on any atom is -0.462 e. The van der Waals surface area contributed by atoms with Crippen molar-refractivity contribution >= 4 is 11.7 Å². The van der Waals surface area contributed by atoms with Gasteiger partial charge in [-0.15, -0.1) is 0 Å². The number of ether oxygens (including phenoxy) is 1. The topological polar surface area (TPSA) is 70.1 Å². The molecule has 2 aromatic rings. The smallest absolute Gasteiger partial charge is 0.338 e. The maximum absolute atomic E-state index is 11.7. The van der Waals surface area contributed by atoms with Crippen LogP contribution >= 0.6 is 0 Å². The van der Waals surface area contributed by atoms with Crippen LogP contribution in [-0.4, -0.2) is 22.4 Å². The van der Waals surface area contributed by atoms with Crippen LogP contribution in [0.2, 0.25) is 0 Å². The first-order chi connectivity index (χ1) is 8.66. The number of aromatic nitrogens is 2. The third-order valence-corrected chi connectivity index (χ3v) is 2.64. The first kappa shape index (κ1) is 12.2. The number of nitrogens with zero attached hydrogens (tertiary/aromatic N) is 2. The molecular weight excluding hydrogens is 230 g/mol.